The monoisotopic (exact) mass is 437 g/mol. The summed E-state index contributed by atoms with van der Waals surface area (Å²) < 4.78 is 7.05. The maximum atomic E-state index is 13.6. The zero-order valence-electron chi connectivity index (χ0n) is 18.8. The van der Waals surface area contributed by atoms with Crippen LogP contribution < -0.4 is 11.3 Å². The minimum absolute atomic E-state index is 0.0485. The molecule has 32 heavy (non-hydrogen) atoms. The molecule has 1 aliphatic carbocycles. The van der Waals surface area contributed by atoms with Crippen LogP contribution in [0.2, 0.25) is 0 Å². The molecular formula is C24H31N5O3. The van der Waals surface area contributed by atoms with Gasteiger partial charge in [0.25, 0.3) is 11.3 Å². The first kappa shape index (κ1) is 22.2. The Bertz CT molecular complexity index is 1130. The van der Waals surface area contributed by atoms with E-state index < -0.39 is 0 Å². The summed E-state index contributed by atoms with van der Waals surface area (Å²) in [5.74, 6) is 0.716. The van der Waals surface area contributed by atoms with Crippen molar-refractivity contribution in [3.05, 3.63) is 57.8 Å². The molecule has 0 saturated heterocycles. The van der Waals surface area contributed by atoms with Gasteiger partial charge in [0.1, 0.15) is 11.2 Å². The van der Waals surface area contributed by atoms with E-state index in [1.807, 2.05) is 42.2 Å². The Labute approximate surface area is 187 Å². The normalized spacial score (nSPS) is 15.0. The first-order chi connectivity index (χ1) is 15.5. The predicted octanol–water partition coefficient (Wildman–Crippen LogP) is 3.17. The minimum Gasteiger partial charge on any atom is -0.335 e. The van der Waals surface area contributed by atoms with Gasteiger partial charge in [-0.15, -0.1) is 0 Å². The highest BCUT2D eigenvalue weighted by atomic mass is 16.5. The molecule has 1 saturated carbocycles. The van der Waals surface area contributed by atoms with Crippen LogP contribution in [0.4, 0.5) is 0 Å². The highest BCUT2D eigenvalue weighted by Gasteiger charge is 2.35. The molecule has 1 amide bonds. The van der Waals surface area contributed by atoms with Gasteiger partial charge >= 0.3 is 0 Å². The molecule has 8 nitrogen and oxygen atoms in total. The van der Waals surface area contributed by atoms with Crippen molar-refractivity contribution in [2.75, 3.05) is 13.1 Å². The van der Waals surface area contributed by atoms with E-state index in [9.17, 15) is 9.59 Å². The molecule has 0 aliphatic heterocycles. The zero-order valence-corrected chi connectivity index (χ0v) is 18.8. The molecule has 1 aromatic carbocycles. The standard InChI is InChI=1S/C24H31N5O3/c1-3-19(28(14-8-13-25)23(30)18-11-7-12-18)21-26-22-20(16(2)27-32-22)24(31)29(21)15-17-9-5-4-6-10-17/h4-6,9-10,18-19H,3,7-8,11-15,25H2,1-2H3. The zero-order chi connectivity index (χ0) is 22.7. The van der Waals surface area contributed by atoms with Crippen LogP contribution in [0.15, 0.2) is 39.6 Å². The summed E-state index contributed by atoms with van der Waals surface area (Å²) in [6.07, 6.45) is 4.24. The molecule has 0 radical (unpaired) electrons. The van der Waals surface area contributed by atoms with Crippen LogP contribution in [-0.2, 0) is 11.3 Å². The number of nitrogens with zero attached hydrogens (tertiary/aromatic N) is 4. The third-order valence-electron chi connectivity index (χ3n) is 6.38. The van der Waals surface area contributed by atoms with Gasteiger partial charge in [0, 0.05) is 12.5 Å². The van der Waals surface area contributed by atoms with Crippen molar-refractivity contribution in [3.8, 4) is 0 Å². The molecule has 3 aromatic rings. The van der Waals surface area contributed by atoms with E-state index in [0.717, 1.165) is 24.8 Å². The van der Waals surface area contributed by atoms with Gasteiger partial charge < -0.3 is 15.2 Å². The molecule has 1 fully saturated rings. The second-order valence-corrected chi connectivity index (χ2v) is 8.52. The number of benzene rings is 1. The van der Waals surface area contributed by atoms with Gasteiger partial charge in [-0.25, -0.2) is 0 Å². The lowest BCUT2D eigenvalue weighted by Crippen LogP contribution is -2.44. The fourth-order valence-corrected chi connectivity index (χ4v) is 4.37. The molecule has 1 aliphatic rings. The number of carbonyl (C=O) groups excluding carboxylic acids is 1. The van der Waals surface area contributed by atoms with E-state index in [1.54, 1.807) is 11.5 Å². The molecule has 1 atom stereocenters. The molecule has 2 N–H and O–H groups in total. The molecule has 2 aromatic heterocycles. The summed E-state index contributed by atoms with van der Waals surface area (Å²) in [5, 5.41) is 4.35. The Morgan fingerprint density at radius 2 is 2.06 bits per heavy atom. The summed E-state index contributed by atoms with van der Waals surface area (Å²) in [5.41, 5.74) is 7.31. The van der Waals surface area contributed by atoms with Crippen molar-refractivity contribution in [3.63, 3.8) is 0 Å². The lowest BCUT2D eigenvalue weighted by atomic mass is 9.84. The van der Waals surface area contributed by atoms with Crippen molar-refractivity contribution in [2.45, 2.75) is 58.5 Å². The Kier molecular flexibility index (Phi) is 6.69. The van der Waals surface area contributed by atoms with Gasteiger partial charge in [0.05, 0.1) is 18.3 Å². The molecule has 4 rings (SSSR count). The van der Waals surface area contributed by atoms with Crippen LogP contribution in [0.5, 0.6) is 0 Å². The first-order valence-electron chi connectivity index (χ1n) is 11.5. The van der Waals surface area contributed by atoms with Crippen LogP contribution in [-0.4, -0.2) is 38.6 Å². The number of aryl methyl sites for hydroxylation is 1. The fraction of sp³-hybridized carbons (Fsp3) is 0.500. The van der Waals surface area contributed by atoms with Gasteiger partial charge in [-0.3, -0.25) is 14.2 Å². The Morgan fingerprint density at radius 3 is 2.69 bits per heavy atom. The van der Waals surface area contributed by atoms with Crippen LogP contribution in [0.25, 0.3) is 11.1 Å². The third-order valence-corrected chi connectivity index (χ3v) is 6.38. The van der Waals surface area contributed by atoms with Gasteiger partial charge in [-0.2, -0.15) is 4.98 Å². The highest BCUT2D eigenvalue weighted by molar-refractivity contribution is 5.80. The minimum atomic E-state index is -0.346. The highest BCUT2D eigenvalue weighted by Crippen LogP contribution is 2.33. The Morgan fingerprint density at radius 1 is 1.31 bits per heavy atom. The lowest BCUT2D eigenvalue weighted by Gasteiger charge is -2.37. The molecule has 8 heteroatoms. The number of fused-ring (bicyclic) bond motifs is 1. The number of hydrogen-bond acceptors (Lipinski definition) is 6. The largest absolute Gasteiger partial charge is 0.335 e. The quantitative estimate of drug-likeness (QED) is 0.551. The van der Waals surface area contributed by atoms with Gasteiger partial charge in [0.2, 0.25) is 5.91 Å². The number of carbonyl (C=O) groups is 1. The van der Waals surface area contributed by atoms with Crippen LogP contribution >= 0.6 is 0 Å². The van der Waals surface area contributed by atoms with E-state index in [0.29, 0.717) is 49.4 Å². The summed E-state index contributed by atoms with van der Waals surface area (Å²) in [6, 6.07) is 9.45. The van der Waals surface area contributed by atoms with E-state index >= 15 is 0 Å². The molecule has 170 valence electrons. The van der Waals surface area contributed by atoms with Gasteiger partial charge in [-0.1, -0.05) is 48.8 Å². The third kappa shape index (κ3) is 4.19. The summed E-state index contributed by atoms with van der Waals surface area (Å²) in [6.45, 7) is 5.16. The molecule has 0 bridgehead atoms. The van der Waals surface area contributed by atoms with Crippen molar-refractivity contribution in [1.29, 1.82) is 0 Å². The predicted molar refractivity (Wildman–Crippen MR) is 122 cm³/mol. The Hall–Kier alpha value is -3.00. The smallest absolute Gasteiger partial charge is 0.267 e. The first-order valence-corrected chi connectivity index (χ1v) is 11.5. The number of aromatic nitrogens is 3. The average molecular weight is 438 g/mol. The second-order valence-electron chi connectivity index (χ2n) is 8.52. The van der Waals surface area contributed by atoms with E-state index in [4.69, 9.17) is 15.2 Å². The maximum Gasteiger partial charge on any atom is 0.267 e. The molecular weight excluding hydrogens is 406 g/mol. The van der Waals surface area contributed by atoms with E-state index in [-0.39, 0.29) is 29.1 Å². The molecule has 0 spiro atoms. The topological polar surface area (TPSA) is 107 Å². The van der Waals surface area contributed by atoms with Crippen molar-refractivity contribution in [2.24, 2.45) is 11.7 Å². The number of rotatable bonds is 9. The maximum absolute atomic E-state index is 13.6. The van der Waals surface area contributed by atoms with Crippen molar-refractivity contribution < 1.29 is 9.32 Å². The van der Waals surface area contributed by atoms with Crippen LogP contribution in [0.3, 0.4) is 0 Å². The SMILES string of the molecule is CCC(c1nc2onc(C)c2c(=O)n1Cc1ccccc1)N(CCCN)C(=O)C1CCC1. The number of amides is 1. The van der Waals surface area contributed by atoms with Gasteiger partial charge in [-0.05, 0) is 44.7 Å². The van der Waals surface area contributed by atoms with Gasteiger partial charge in [0.15, 0.2) is 0 Å². The Balaban J connectivity index is 1.84. The lowest BCUT2D eigenvalue weighted by molar-refractivity contribution is -0.141. The van der Waals surface area contributed by atoms with E-state index in [2.05, 4.69) is 5.16 Å². The van der Waals surface area contributed by atoms with Crippen molar-refractivity contribution in [1.82, 2.24) is 19.6 Å². The van der Waals surface area contributed by atoms with E-state index in [1.165, 1.54) is 0 Å². The number of nitrogens with two attached hydrogens (primary N) is 1. The fourth-order valence-electron chi connectivity index (χ4n) is 4.37. The summed E-state index contributed by atoms with van der Waals surface area (Å²) in [7, 11) is 0. The van der Waals surface area contributed by atoms with Crippen molar-refractivity contribution >= 4 is 17.0 Å². The van der Waals surface area contributed by atoms with Crippen LogP contribution in [0.1, 0.15) is 62.2 Å². The molecule has 2 heterocycles. The second kappa shape index (κ2) is 9.65. The number of hydrogen-bond donors (Lipinski definition) is 1. The summed E-state index contributed by atoms with van der Waals surface area (Å²) in [4.78, 5) is 33.6. The summed E-state index contributed by atoms with van der Waals surface area (Å²) >= 11 is 0. The average Bonchev–Trinajstić information content (AvgIpc) is 3.13. The molecule has 1 unspecified atom stereocenters. The van der Waals surface area contributed by atoms with Crippen LogP contribution in [0, 0.1) is 12.8 Å².